The standard InChI is InChI=1S/C16H15N5OS3/c1-3-21-13(11-6-4-8-23-11)17-20-16(21)25-10(2)14-18-19-15(22-14)12-7-5-9-24-12/h4-10H,3H2,1-2H3/t10-/m1/s1. The van der Waals surface area contributed by atoms with Crippen LogP contribution in [0, 0.1) is 0 Å². The van der Waals surface area contributed by atoms with E-state index in [0.29, 0.717) is 11.8 Å². The van der Waals surface area contributed by atoms with Gasteiger partial charge in [0.05, 0.1) is 15.0 Å². The molecule has 0 unspecified atom stereocenters. The largest absolute Gasteiger partial charge is 0.419 e. The molecule has 0 aliphatic carbocycles. The minimum Gasteiger partial charge on any atom is -0.419 e. The molecule has 0 N–H and O–H groups in total. The molecule has 0 saturated carbocycles. The lowest BCUT2D eigenvalue weighted by molar-refractivity contribution is 0.509. The van der Waals surface area contributed by atoms with Crippen LogP contribution in [-0.4, -0.2) is 25.0 Å². The second-order valence-corrected chi connectivity index (χ2v) is 8.41. The number of rotatable bonds is 6. The zero-order valence-corrected chi connectivity index (χ0v) is 16.1. The molecular weight excluding hydrogens is 374 g/mol. The molecule has 0 amide bonds. The van der Waals surface area contributed by atoms with Crippen molar-refractivity contribution in [2.75, 3.05) is 0 Å². The number of hydrogen-bond acceptors (Lipinski definition) is 8. The van der Waals surface area contributed by atoms with E-state index in [2.05, 4.69) is 38.0 Å². The number of thioether (sulfide) groups is 1. The Kier molecular flexibility index (Phi) is 4.69. The van der Waals surface area contributed by atoms with E-state index in [1.165, 1.54) is 0 Å². The predicted octanol–water partition coefficient (Wildman–Crippen LogP) is 4.99. The Hall–Kier alpha value is -1.97. The van der Waals surface area contributed by atoms with E-state index in [0.717, 1.165) is 27.3 Å². The summed E-state index contributed by atoms with van der Waals surface area (Å²) >= 11 is 4.83. The summed E-state index contributed by atoms with van der Waals surface area (Å²) in [4.78, 5) is 2.10. The van der Waals surface area contributed by atoms with E-state index in [-0.39, 0.29) is 5.25 Å². The van der Waals surface area contributed by atoms with Crippen LogP contribution in [0.2, 0.25) is 0 Å². The van der Waals surface area contributed by atoms with Gasteiger partial charge >= 0.3 is 0 Å². The maximum Gasteiger partial charge on any atom is 0.257 e. The second-order valence-electron chi connectivity index (χ2n) is 5.21. The van der Waals surface area contributed by atoms with E-state index in [9.17, 15) is 0 Å². The normalized spacial score (nSPS) is 12.6. The quantitative estimate of drug-likeness (QED) is 0.433. The average Bonchev–Trinajstić information content (AvgIpc) is 3.40. The van der Waals surface area contributed by atoms with Gasteiger partial charge in [0, 0.05) is 6.54 Å². The fourth-order valence-corrected chi connectivity index (χ4v) is 4.66. The highest BCUT2D eigenvalue weighted by Gasteiger charge is 2.21. The Morgan fingerprint density at radius 3 is 2.52 bits per heavy atom. The van der Waals surface area contributed by atoms with E-state index in [1.807, 2.05) is 35.9 Å². The van der Waals surface area contributed by atoms with Crippen molar-refractivity contribution in [1.29, 1.82) is 0 Å². The van der Waals surface area contributed by atoms with E-state index < -0.39 is 0 Å². The van der Waals surface area contributed by atoms with Crippen molar-refractivity contribution in [2.24, 2.45) is 0 Å². The molecule has 0 bridgehead atoms. The first-order chi connectivity index (χ1) is 12.3. The van der Waals surface area contributed by atoms with Gasteiger partial charge < -0.3 is 8.98 Å². The number of hydrogen-bond donors (Lipinski definition) is 0. The smallest absolute Gasteiger partial charge is 0.257 e. The zero-order chi connectivity index (χ0) is 17.2. The van der Waals surface area contributed by atoms with Gasteiger partial charge in [0.1, 0.15) is 0 Å². The molecule has 9 heteroatoms. The molecular formula is C16H15N5OS3. The van der Waals surface area contributed by atoms with Crippen LogP contribution < -0.4 is 0 Å². The van der Waals surface area contributed by atoms with Crippen molar-refractivity contribution in [1.82, 2.24) is 25.0 Å². The summed E-state index contributed by atoms with van der Waals surface area (Å²) in [5.41, 5.74) is 0. The summed E-state index contributed by atoms with van der Waals surface area (Å²) in [6.07, 6.45) is 0. The Morgan fingerprint density at radius 2 is 1.84 bits per heavy atom. The number of aromatic nitrogens is 5. The van der Waals surface area contributed by atoms with Gasteiger partial charge in [-0.15, -0.1) is 43.1 Å². The molecule has 4 heterocycles. The van der Waals surface area contributed by atoms with Crippen molar-refractivity contribution in [3.63, 3.8) is 0 Å². The lowest BCUT2D eigenvalue weighted by Crippen LogP contribution is -2.00. The van der Waals surface area contributed by atoms with Gasteiger partial charge in [-0.05, 0) is 36.7 Å². The maximum atomic E-state index is 5.83. The molecule has 0 spiro atoms. The third-order valence-corrected chi connectivity index (χ3v) is 6.37. The minimum atomic E-state index is -0.00750. The summed E-state index contributed by atoms with van der Waals surface area (Å²) in [6, 6.07) is 8.03. The third-order valence-electron chi connectivity index (χ3n) is 3.58. The van der Waals surface area contributed by atoms with Gasteiger partial charge in [0.25, 0.3) is 5.89 Å². The second kappa shape index (κ2) is 7.11. The molecule has 0 aromatic carbocycles. The highest BCUT2D eigenvalue weighted by molar-refractivity contribution is 7.99. The van der Waals surface area contributed by atoms with Crippen LogP contribution in [0.15, 0.2) is 44.6 Å². The lowest BCUT2D eigenvalue weighted by atomic mass is 10.4. The predicted molar refractivity (Wildman–Crippen MR) is 101 cm³/mol. The van der Waals surface area contributed by atoms with E-state index in [1.54, 1.807) is 34.4 Å². The van der Waals surface area contributed by atoms with Gasteiger partial charge in [-0.3, -0.25) is 0 Å². The van der Waals surface area contributed by atoms with Crippen molar-refractivity contribution < 1.29 is 4.42 Å². The molecule has 0 aliphatic rings. The van der Waals surface area contributed by atoms with E-state index in [4.69, 9.17) is 4.42 Å². The highest BCUT2D eigenvalue weighted by Crippen LogP contribution is 2.36. The summed E-state index contributed by atoms with van der Waals surface area (Å²) in [6.45, 7) is 4.94. The number of thiophene rings is 2. The minimum absolute atomic E-state index is 0.00750. The monoisotopic (exact) mass is 389 g/mol. The first-order valence-electron chi connectivity index (χ1n) is 7.77. The molecule has 1 atom stereocenters. The molecule has 0 aliphatic heterocycles. The molecule has 6 nitrogen and oxygen atoms in total. The highest BCUT2D eigenvalue weighted by atomic mass is 32.2. The maximum absolute atomic E-state index is 5.83. The molecule has 4 aromatic rings. The van der Waals surface area contributed by atoms with Crippen LogP contribution in [0.5, 0.6) is 0 Å². The van der Waals surface area contributed by atoms with Gasteiger partial charge in [-0.2, -0.15) is 0 Å². The Balaban J connectivity index is 1.56. The molecule has 4 rings (SSSR count). The SMILES string of the molecule is CCn1c(S[C@H](C)c2nnc(-c3cccs3)o2)nnc1-c1cccs1. The first kappa shape index (κ1) is 16.5. The van der Waals surface area contributed by atoms with Crippen LogP contribution in [0.25, 0.3) is 21.5 Å². The van der Waals surface area contributed by atoms with Crippen LogP contribution in [0.1, 0.15) is 25.0 Å². The molecule has 0 fully saturated rings. The Labute approximate surface area is 156 Å². The fourth-order valence-electron chi connectivity index (χ4n) is 2.36. The van der Waals surface area contributed by atoms with Gasteiger partial charge in [0.2, 0.25) is 5.89 Å². The van der Waals surface area contributed by atoms with Crippen LogP contribution >= 0.6 is 34.4 Å². The zero-order valence-electron chi connectivity index (χ0n) is 13.6. The summed E-state index contributed by atoms with van der Waals surface area (Å²) in [5, 5.41) is 21.9. The topological polar surface area (TPSA) is 69.6 Å². The van der Waals surface area contributed by atoms with Crippen molar-refractivity contribution in [3.8, 4) is 21.5 Å². The molecule has 0 saturated heterocycles. The fraction of sp³-hybridized carbons (Fsp3) is 0.250. The molecule has 0 radical (unpaired) electrons. The molecule has 128 valence electrons. The number of nitrogens with zero attached hydrogens (tertiary/aromatic N) is 5. The van der Waals surface area contributed by atoms with Gasteiger partial charge in [0.15, 0.2) is 11.0 Å². The lowest BCUT2D eigenvalue weighted by Gasteiger charge is -2.08. The summed E-state index contributed by atoms with van der Waals surface area (Å²) < 4.78 is 7.94. The van der Waals surface area contributed by atoms with Crippen molar-refractivity contribution in [2.45, 2.75) is 30.8 Å². The average molecular weight is 390 g/mol. The summed E-state index contributed by atoms with van der Waals surface area (Å²) in [7, 11) is 0. The van der Waals surface area contributed by atoms with Crippen LogP contribution in [0.3, 0.4) is 0 Å². The van der Waals surface area contributed by atoms with Crippen LogP contribution in [-0.2, 0) is 6.54 Å². The van der Waals surface area contributed by atoms with Gasteiger partial charge in [-0.1, -0.05) is 23.9 Å². The van der Waals surface area contributed by atoms with Crippen molar-refractivity contribution in [3.05, 3.63) is 40.9 Å². The molecule has 4 aromatic heterocycles. The van der Waals surface area contributed by atoms with Gasteiger partial charge in [-0.25, -0.2) is 0 Å². The first-order valence-corrected chi connectivity index (χ1v) is 10.4. The van der Waals surface area contributed by atoms with Crippen molar-refractivity contribution >= 4 is 34.4 Å². The summed E-state index contributed by atoms with van der Waals surface area (Å²) in [5.74, 6) is 2.06. The molecule has 25 heavy (non-hydrogen) atoms. The van der Waals surface area contributed by atoms with Crippen LogP contribution in [0.4, 0.5) is 0 Å². The third kappa shape index (κ3) is 3.26. The Bertz CT molecular complexity index is 943. The Morgan fingerprint density at radius 1 is 1.08 bits per heavy atom. The van der Waals surface area contributed by atoms with E-state index >= 15 is 0 Å².